The molecule has 0 radical (unpaired) electrons. The summed E-state index contributed by atoms with van der Waals surface area (Å²) in [5.74, 6) is -1.08. The third kappa shape index (κ3) is 4.55. The number of methoxy groups -OCH3 is 1. The first-order chi connectivity index (χ1) is 9.25. The number of carbonyl (C=O) groups is 2. The van der Waals surface area contributed by atoms with E-state index in [1.54, 1.807) is 26.2 Å². The number of nitrogens with one attached hydrogen (secondary N) is 2. The third-order valence-electron chi connectivity index (χ3n) is 2.88. The van der Waals surface area contributed by atoms with Gasteiger partial charge in [-0.3, -0.25) is 0 Å². The number of rotatable bonds is 5. The number of carboxylic acids is 1. The summed E-state index contributed by atoms with van der Waals surface area (Å²) in [6, 6.07) is 4.35. The van der Waals surface area contributed by atoms with Gasteiger partial charge >= 0.3 is 12.0 Å². The lowest BCUT2D eigenvalue weighted by atomic mass is 10.1. The number of hydrogen-bond donors (Lipinski definition) is 3. The Labute approximate surface area is 118 Å². The Hall–Kier alpha value is -2.08. The van der Waals surface area contributed by atoms with Crippen LogP contribution in [-0.2, 0) is 4.74 Å². The zero-order valence-corrected chi connectivity index (χ0v) is 12.1. The number of carboxylic acid groups (broad SMARTS) is 1. The Morgan fingerprint density at radius 2 is 2.00 bits per heavy atom. The number of hydrogen-bond acceptors (Lipinski definition) is 3. The van der Waals surface area contributed by atoms with E-state index in [2.05, 4.69) is 10.6 Å². The first-order valence-electron chi connectivity index (χ1n) is 6.19. The first-order valence-corrected chi connectivity index (χ1v) is 6.19. The van der Waals surface area contributed by atoms with Gasteiger partial charge in [-0.15, -0.1) is 0 Å². The van der Waals surface area contributed by atoms with Crippen LogP contribution in [0.25, 0.3) is 0 Å². The molecule has 0 aromatic heterocycles. The van der Waals surface area contributed by atoms with Crippen LogP contribution in [0.3, 0.4) is 0 Å². The van der Waals surface area contributed by atoms with Crippen LogP contribution in [0.5, 0.6) is 0 Å². The summed E-state index contributed by atoms with van der Waals surface area (Å²) in [6.45, 7) is 5.77. The van der Waals surface area contributed by atoms with E-state index in [-0.39, 0.29) is 11.3 Å². The minimum absolute atomic E-state index is 0.0613. The fourth-order valence-corrected chi connectivity index (χ4v) is 1.48. The Morgan fingerprint density at radius 1 is 1.35 bits per heavy atom. The van der Waals surface area contributed by atoms with Crippen molar-refractivity contribution in [1.82, 2.24) is 5.32 Å². The molecule has 0 atom stereocenters. The molecule has 1 aromatic rings. The lowest BCUT2D eigenvalue weighted by molar-refractivity contribution is 0.0257. The lowest BCUT2D eigenvalue weighted by Crippen LogP contribution is -2.41. The van der Waals surface area contributed by atoms with Gasteiger partial charge in [-0.05, 0) is 32.9 Å². The molecular formula is C14H20N2O4. The van der Waals surface area contributed by atoms with Crippen LogP contribution in [0.1, 0.15) is 29.8 Å². The molecule has 6 heteroatoms. The van der Waals surface area contributed by atoms with Gasteiger partial charge in [0.05, 0.1) is 16.9 Å². The first kappa shape index (κ1) is 16.0. The standard InChI is InChI=1S/C14H20N2O4/c1-9-5-6-11(10(7-9)12(17)18)16-13(19)15-8-14(2,3)20-4/h5-7H,8H2,1-4H3,(H,17,18)(H2,15,16,19). The summed E-state index contributed by atoms with van der Waals surface area (Å²) < 4.78 is 5.18. The number of carbonyl (C=O) groups excluding carboxylic acids is 1. The molecule has 0 fully saturated rings. The highest BCUT2D eigenvalue weighted by Gasteiger charge is 2.18. The average molecular weight is 280 g/mol. The molecule has 3 N–H and O–H groups in total. The molecule has 0 aliphatic heterocycles. The van der Waals surface area contributed by atoms with Gasteiger partial charge in [0.1, 0.15) is 0 Å². The number of benzene rings is 1. The molecule has 0 heterocycles. The van der Waals surface area contributed by atoms with Crippen molar-refractivity contribution in [3.8, 4) is 0 Å². The molecular weight excluding hydrogens is 260 g/mol. The van der Waals surface area contributed by atoms with E-state index in [4.69, 9.17) is 9.84 Å². The smallest absolute Gasteiger partial charge is 0.337 e. The molecule has 1 aromatic carbocycles. The number of ether oxygens (including phenoxy) is 1. The second kappa shape index (κ2) is 6.38. The summed E-state index contributed by atoms with van der Waals surface area (Å²) in [4.78, 5) is 22.9. The van der Waals surface area contributed by atoms with Gasteiger partial charge in [0.15, 0.2) is 0 Å². The molecule has 0 saturated carbocycles. The molecule has 0 bridgehead atoms. The fourth-order valence-electron chi connectivity index (χ4n) is 1.48. The quantitative estimate of drug-likeness (QED) is 0.772. The molecule has 1 rings (SSSR count). The normalized spacial score (nSPS) is 11.0. The molecule has 110 valence electrons. The van der Waals surface area contributed by atoms with Crippen LogP contribution in [0.15, 0.2) is 18.2 Å². The summed E-state index contributed by atoms with van der Waals surface area (Å²) in [6.07, 6.45) is 0. The van der Waals surface area contributed by atoms with Crippen LogP contribution < -0.4 is 10.6 Å². The molecule has 2 amide bonds. The Kier molecular flexibility index (Phi) is 5.10. The van der Waals surface area contributed by atoms with Gasteiger partial charge < -0.3 is 20.5 Å². The zero-order valence-electron chi connectivity index (χ0n) is 12.1. The van der Waals surface area contributed by atoms with Crippen LogP contribution in [0.4, 0.5) is 10.5 Å². The van der Waals surface area contributed by atoms with E-state index in [0.717, 1.165) is 5.56 Å². The summed E-state index contributed by atoms with van der Waals surface area (Å²) in [7, 11) is 1.56. The van der Waals surface area contributed by atoms with Crippen molar-refractivity contribution < 1.29 is 19.4 Å². The molecule has 0 unspecified atom stereocenters. The van der Waals surface area contributed by atoms with E-state index >= 15 is 0 Å². The van der Waals surface area contributed by atoms with Gasteiger partial charge in [-0.1, -0.05) is 11.6 Å². The van der Waals surface area contributed by atoms with Gasteiger partial charge in [-0.25, -0.2) is 9.59 Å². The second-order valence-electron chi connectivity index (χ2n) is 5.13. The highest BCUT2D eigenvalue weighted by molar-refractivity contribution is 6.00. The largest absolute Gasteiger partial charge is 0.478 e. The van der Waals surface area contributed by atoms with Gasteiger partial charge in [0, 0.05) is 13.7 Å². The minimum Gasteiger partial charge on any atom is -0.478 e. The van der Waals surface area contributed by atoms with Crippen molar-refractivity contribution in [3.63, 3.8) is 0 Å². The molecule has 6 nitrogen and oxygen atoms in total. The fraction of sp³-hybridized carbons (Fsp3) is 0.429. The van der Waals surface area contributed by atoms with Crippen molar-refractivity contribution >= 4 is 17.7 Å². The van der Waals surface area contributed by atoms with Crippen molar-refractivity contribution in [2.24, 2.45) is 0 Å². The highest BCUT2D eigenvalue weighted by atomic mass is 16.5. The van der Waals surface area contributed by atoms with E-state index in [1.165, 1.54) is 6.07 Å². The van der Waals surface area contributed by atoms with Crippen LogP contribution in [0, 0.1) is 6.92 Å². The lowest BCUT2D eigenvalue weighted by Gasteiger charge is -2.23. The summed E-state index contributed by atoms with van der Waals surface area (Å²) in [5, 5.41) is 14.3. The van der Waals surface area contributed by atoms with Crippen molar-refractivity contribution in [2.75, 3.05) is 19.0 Å². The van der Waals surface area contributed by atoms with Crippen LogP contribution in [-0.4, -0.2) is 36.4 Å². The van der Waals surface area contributed by atoms with E-state index in [1.807, 2.05) is 13.8 Å². The second-order valence-corrected chi connectivity index (χ2v) is 5.13. The van der Waals surface area contributed by atoms with Gasteiger partial charge in [0.25, 0.3) is 0 Å². The predicted octanol–water partition coefficient (Wildman–Crippen LogP) is 2.24. The summed E-state index contributed by atoms with van der Waals surface area (Å²) in [5.41, 5.74) is 0.649. The molecule has 0 aliphatic carbocycles. The van der Waals surface area contributed by atoms with Crippen molar-refractivity contribution in [3.05, 3.63) is 29.3 Å². The number of aromatic carboxylic acids is 1. The average Bonchev–Trinajstić information content (AvgIpc) is 2.38. The maximum absolute atomic E-state index is 11.8. The van der Waals surface area contributed by atoms with Crippen LogP contribution >= 0.6 is 0 Å². The Bertz CT molecular complexity index is 512. The third-order valence-corrected chi connectivity index (χ3v) is 2.88. The number of urea groups is 1. The molecule has 0 saturated heterocycles. The minimum atomic E-state index is -1.08. The number of amides is 2. The molecule has 0 aliphatic rings. The maximum Gasteiger partial charge on any atom is 0.337 e. The van der Waals surface area contributed by atoms with E-state index in [0.29, 0.717) is 6.54 Å². The maximum atomic E-state index is 11.8. The van der Waals surface area contributed by atoms with Crippen molar-refractivity contribution in [1.29, 1.82) is 0 Å². The topological polar surface area (TPSA) is 87.7 Å². The van der Waals surface area contributed by atoms with Crippen molar-refractivity contribution in [2.45, 2.75) is 26.4 Å². The zero-order chi connectivity index (χ0) is 15.3. The van der Waals surface area contributed by atoms with Gasteiger partial charge in [-0.2, -0.15) is 0 Å². The highest BCUT2D eigenvalue weighted by Crippen LogP contribution is 2.17. The van der Waals surface area contributed by atoms with Crippen LogP contribution in [0.2, 0.25) is 0 Å². The monoisotopic (exact) mass is 280 g/mol. The SMILES string of the molecule is COC(C)(C)CNC(=O)Nc1ccc(C)cc1C(=O)O. The van der Waals surface area contributed by atoms with E-state index in [9.17, 15) is 9.59 Å². The van der Waals surface area contributed by atoms with Gasteiger partial charge in [0.2, 0.25) is 0 Å². The number of anilines is 1. The molecule has 0 spiro atoms. The Morgan fingerprint density at radius 3 is 2.55 bits per heavy atom. The van der Waals surface area contributed by atoms with E-state index < -0.39 is 17.6 Å². The molecule has 20 heavy (non-hydrogen) atoms. The summed E-state index contributed by atoms with van der Waals surface area (Å²) >= 11 is 0. The number of aryl methyl sites for hydroxylation is 1. The Balaban J connectivity index is 2.74. The predicted molar refractivity (Wildman–Crippen MR) is 76.2 cm³/mol.